The second-order valence-electron chi connectivity index (χ2n) is 7.49. The lowest BCUT2D eigenvalue weighted by Crippen LogP contribution is -2.14. The molecule has 0 heterocycles. The van der Waals surface area contributed by atoms with Crippen molar-refractivity contribution in [2.45, 2.75) is 127 Å². The summed E-state index contributed by atoms with van der Waals surface area (Å²) in [5.74, 6) is 0. The first-order valence-corrected chi connectivity index (χ1v) is 13.1. The SMILES string of the molecule is CCCCCC(CCCCCCCCC(CCCCC)S(=O)O)S(=O)O. The molecular weight excluding hydrogens is 368 g/mol. The van der Waals surface area contributed by atoms with E-state index < -0.39 is 22.2 Å². The van der Waals surface area contributed by atoms with Gasteiger partial charge in [-0.3, -0.25) is 0 Å². The smallest absolute Gasteiger partial charge is 0.155 e. The minimum absolute atomic E-state index is 0.0510. The number of hydrogen-bond acceptors (Lipinski definition) is 2. The van der Waals surface area contributed by atoms with Crippen LogP contribution in [-0.4, -0.2) is 28.0 Å². The monoisotopic (exact) mass is 410 g/mol. The van der Waals surface area contributed by atoms with Gasteiger partial charge >= 0.3 is 0 Å². The van der Waals surface area contributed by atoms with Crippen LogP contribution in [0.5, 0.6) is 0 Å². The highest BCUT2D eigenvalue weighted by Crippen LogP contribution is 2.18. The average molecular weight is 411 g/mol. The van der Waals surface area contributed by atoms with Gasteiger partial charge in [0.1, 0.15) is 0 Å². The summed E-state index contributed by atoms with van der Waals surface area (Å²) in [6.45, 7) is 4.30. The summed E-state index contributed by atoms with van der Waals surface area (Å²) in [6, 6.07) is 0. The van der Waals surface area contributed by atoms with Gasteiger partial charge in [-0.05, 0) is 25.7 Å². The molecule has 26 heavy (non-hydrogen) atoms. The Kier molecular flexibility index (Phi) is 18.7. The van der Waals surface area contributed by atoms with Gasteiger partial charge in [-0.25, -0.2) is 8.42 Å². The molecule has 0 saturated carbocycles. The van der Waals surface area contributed by atoms with Gasteiger partial charge in [0.2, 0.25) is 0 Å². The Labute approximate surface area is 166 Å². The molecule has 6 heteroatoms. The molecule has 0 aromatic rings. The second-order valence-corrected chi connectivity index (χ2v) is 9.92. The van der Waals surface area contributed by atoms with Gasteiger partial charge in [-0.2, -0.15) is 0 Å². The summed E-state index contributed by atoms with van der Waals surface area (Å²) in [6.07, 6.45) is 16.8. The van der Waals surface area contributed by atoms with Crippen molar-refractivity contribution in [3.63, 3.8) is 0 Å². The molecule has 0 aliphatic heterocycles. The highest BCUT2D eigenvalue weighted by atomic mass is 32.2. The first kappa shape index (κ1) is 26.2. The van der Waals surface area contributed by atoms with Crippen LogP contribution in [0.3, 0.4) is 0 Å². The van der Waals surface area contributed by atoms with E-state index in [0.29, 0.717) is 0 Å². The second kappa shape index (κ2) is 18.6. The summed E-state index contributed by atoms with van der Waals surface area (Å²) >= 11 is -3.37. The van der Waals surface area contributed by atoms with Gasteiger partial charge in [0, 0.05) is 0 Å². The summed E-state index contributed by atoms with van der Waals surface area (Å²) < 4.78 is 41.5. The molecule has 0 rings (SSSR count). The fourth-order valence-electron chi connectivity index (χ4n) is 3.39. The fourth-order valence-corrected chi connectivity index (χ4v) is 4.86. The molecule has 2 N–H and O–H groups in total. The fraction of sp³-hybridized carbons (Fsp3) is 1.00. The van der Waals surface area contributed by atoms with Crippen molar-refractivity contribution in [3.05, 3.63) is 0 Å². The van der Waals surface area contributed by atoms with Gasteiger partial charge < -0.3 is 9.11 Å². The Bertz CT molecular complexity index is 330. The van der Waals surface area contributed by atoms with Gasteiger partial charge in [0.05, 0.1) is 10.5 Å². The lowest BCUT2D eigenvalue weighted by Gasteiger charge is -2.13. The number of unbranched alkanes of at least 4 members (excludes halogenated alkanes) is 9. The summed E-state index contributed by atoms with van der Waals surface area (Å²) in [7, 11) is 0. The van der Waals surface area contributed by atoms with Crippen LogP contribution >= 0.6 is 0 Å². The molecule has 0 aromatic heterocycles. The Morgan fingerprint density at radius 2 is 0.808 bits per heavy atom. The molecule has 0 aliphatic carbocycles. The summed E-state index contributed by atoms with van der Waals surface area (Å²) in [4.78, 5) is 0. The molecule has 158 valence electrons. The van der Waals surface area contributed by atoms with Crippen molar-refractivity contribution in [3.8, 4) is 0 Å². The third kappa shape index (κ3) is 15.3. The van der Waals surface area contributed by atoms with E-state index in [9.17, 15) is 17.5 Å². The first-order chi connectivity index (χ1) is 12.5. The molecule has 0 radical (unpaired) electrons. The van der Waals surface area contributed by atoms with E-state index in [1.807, 2.05) is 0 Å². The van der Waals surface area contributed by atoms with Crippen LogP contribution in [0, 0.1) is 0 Å². The zero-order chi connectivity index (χ0) is 19.6. The lowest BCUT2D eigenvalue weighted by molar-refractivity contribution is 0.491. The van der Waals surface area contributed by atoms with E-state index in [-0.39, 0.29) is 10.5 Å². The third-order valence-electron chi connectivity index (χ3n) is 5.13. The largest absolute Gasteiger partial charge is 0.306 e. The highest BCUT2D eigenvalue weighted by molar-refractivity contribution is 7.80. The predicted octanol–water partition coefficient (Wildman–Crippen LogP) is 6.45. The van der Waals surface area contributed by atoms with Crippen LogP contribution in [0.25, 0.3) is 0 Å². The Balaban J connectivity index is 3.69. The lowest BCUT2D eigenvalue weighted by atomic mass is 10.0. The average Bonchev–Trinajstić information content (AvgIpc) is 2.60. The highest BCUT2D eigenvalue weighted by Gasteiger charge is 2.15. The molecule has 0 aliphatic rings. The van der Waals surface area contributed by atoms with E-state index in [0.717, 1.165) is 103 Å². The zero-order valence-electron chi connectivity index (χ0n) is 17.0. The summed E-state index contributed by atoms with van der Waals surface area (Å²) in [5, 5.41) is -0.102. The number of hydrogen-bond donors (Lipinski definition) is 2. The summed E-state index contributed by atoms with van der Waals surface area (Å²) in [5.41, 5.74) is 0. The van der Waals surface area contributed by atoms with Gasteiger partial charge in [0.15, 0.2) is 22.2 Å². The van der Waals surface area contributed by atoms with Crippen molar-refractivity contribution >= 4 is 22.2 Å². The third-order valence-corrected chi connectivity index (χ3v) is 7.22. The van der Waals surface area contributed by atoms with Gasteiger partial charge in [0.25, 0.3) is 0 Å². The molecule has 0 aromatic carbocycles. The van der Waals surface area contributed by atoms with Crippen molar-refractivity contribution in [1.29, 1.82) is 0 Å². The topological polar surface area (TPSA) is 74.6 Å². The zero-order valence-corrected chi connectivity index (χ0v) is 18.6. The van der Waals surface area contributed by atoms with E-state index in [1.54, 1.807) is 0 Å². The van der Waals surface area contributed by atoms with E-state index in [4.69, 9.17) is 0 Å². The molecular formula is C20H42O4S2. The van der Waals surface area contributed by atoms with Gasteiger partial charge in [-0.1, -0.05) is 90.9 Å². The molecule has 4 nitrogen and oxygen atoms in total. The first-order valence-electron chi connectivity index (χ1n) is 10.7. The predicted molar refractivity (Wildman–Crippen MR) is 114 cm³/mol. The van der Waals surface area contributed by atoms with E-state index >= 15 is 0 Å². The molecule has 0 bridgehead atoms. The standard InChI is InChI=1S/C20H42O4S2/c1-3-5-11-15-19(25(21)22)17-13-9-7-8-10-14-18-20(26(23)24)16-12-6-4-2/h19-20H,3-18H2,1-2H3,(H,21,22)(H,23,24). The minimum Gasteiger partial charge on any atom is -0.306 e. The molecule has 0 spiro atoms. The Hall–Kier alpha value is 0.220. The molecule has 0 fully saturated rings. The van der Waals surface area contributed by atoms with Gasteiger partial charge in [-0.15, -0.1) is 0 Å². The maximum absolute atomic E-state index is 11.4. The molecule has 0 amide bonds. The molecule has 4 unspecified atom stereocenters. The van der Waals surface area contributed by atoms with Crippen LogP contribution < -0.4 is 0 Å². The van der Waals surface area contributed by atoms with Crippen LogP contribution in [0.15, 0.2) is 0 Å². The van der Waals surface area contributed by atoms with Crippen LogP contribution in [0.1, 0.15) is 117 Å². The number of rotatable bonds is 19. The maximum Gasteiger partial charge on any atom is 0.155 e. The normalized spacial score (nSPS) is 16.3. The van der Waals surface area contributed by atoms with Crippen molar-refractivity contribution in [2.24, 2.45) is 0 Å². The Morgan fingerprint density at radius 3 is 1.08 bits per heavy atom. The molecule has 4 atom stereocenters. The van der Waals surface area contributed by atoms with Crippen molar-refractivity contribution in [2.75, 3.05) is 0 Å². The van der Waals surface area contributed by atoms with E-state index in [2.05, 4.69) is 13.8 Å². The quantitative estimate of drug-likeness (QED) is 0.189. The Morgan fingerprint density at radius 1 is 0.538 bits per heavy atom. The maximum atomic E-state index is 11.4. The van der Waals surface area contributed by atoms with Crippen molar-refractivity contribution in [1.82, 2.24) is 0 Å². The minimum atomic E-state index is -1.68. The van der Waals surface area contributed by atoms with Crippen molar-refractivity contribution < 1.29 is 17.5 Å². The molecule has 0 saturated heterocycles. The van der Waals surface area contributed by atoms with E-state index in [1.165, 1.54) is 0 Å². The van der Waals surface area contributed by atoms with Crippen LogP contribution in [0.2, 0.25) is 0 Å². The van der Waals surface area contributed by atoms with Crippen LogP contribution in [-0.2, 0) is 22.2 Å². The van der Waals surface area contributed by atoms with Crippen LogP contribution in [0.4, 0.5) is 0 Å².